The van der Waals surface area contributed by atoms with Crippen molar-refractivity contribution in [1.82, 2.24) is 10.2 Å². The number of carbonyl (C=O) groups excluding carboxylic acids is 1. The van der Waals surface area contributed by atoms with Gasteiger partial charge >= 0.3 is 12.0 Å². The van der Waals surface area contributed by atoms with E-state index in [0.29, 0.717) is 17.5 Å². The fourth-order valence-electron chi connectivity index (χ4n) is 2.05. The van der Waals surface area contributed by atoms with Gasteiger partial charge in [0, 0.05) is 11.8 Å². The summed E-state index contributed by atoms with van der Waals surface area (Å²) in [5.41, 5.74) is 0. The van der Waals surface area contributed by atoms with E-state index in [9.17, 15) is 9.59 Å². The molecule has 0 saturated carbocycles. The Hall–Kier alpha value is -0.910. The Morgan fingerprint density at radius 2 is 2.05 bits per heavy atom. The van der Waals surface area contributed by atoms with Crippen LogP contribution >= 0.6 is 11.8 Å². The molecular weight excluding hydrogens is 264 g/mol. The van der Waals surface area contributed by atoms with E-state index in [2.05, 4.69) is 19.2 Å². The highest BCUT2D eigenvalue weighted by Crippen LogP contribution is 2.21. The number of aliphatic carboxylic acids is 1. The second-order valence-electron chi connectivity index (χ2n) is 5.50. The van der Waals surface area contributed by atoms with Crippen molar-refractivity contribution in [2.75, 3.05) is 11.6 Å². The van der Waals surface area contributed by atoms with Gasteiger partial charge in [-0.2, -0.15) is 0 Å². The summed E-state index contributed by atoms with van der Waals surface area (Å²) >= 11 is 1.48. The van der Waals surface area contributed by atoms with Crippen LogP contribution in [0.5, 0.6) is 0 Å². The second kappa shape index (κ2) is 7.62. The van der Waals surface area contributed by atoms with Crippen molar-refractivity contribution in [2.45, 2.75) is 52.1 Å². The number of amides is 2. The average molecular weight is 288 g/mol. The van der Waals surface area contributed by atoms with Crippen LogP contribution in [-0.2, 0) is 4.79 Å². The highest BCUT2D eigenvalue weighted by Gasteiger charge is 2.34. The topological polar surface area (TPSA) is 69.6 Å². The zero-order valence-corrected chi connectivity index (χ0v) is 12.7. The van der Waals surface area contributed by atoms with E-state index in [-0.39, 0.29) is 12.1 Å². The van der Waals surface area contributed by atoms with E-state index < -0.39 is 12.0 Å². The van der Waals surface area contributed by atoms with E-state index in [4.69, 9.17) is 5.11 Å². The SMILES string of the molecule is CC(C)CCCC(C)NC(=O)N1CSC[C@H]1C(=O)O. The molecule has 0 bridgehead atoms. The lowest BCUT2D eigenvalue weighted by Crippen LogP contribution is -2.49. The first-order valence-corrected chi connectivity index (χ1v) is 7.95. The van der Waals surface area contributed by atoms with Gasteiger partial charge in [0.1, 0.15) is 6.04 Å². The Morgan fingerprint density at radius 1 is 1.37 bits per heavy atom. The first-order chi connectivity index (χ1) is 8.91. The Bertz CT molecular complexity index is 323. The molecule has 1 rings (SSSR count). The van der Waals surface area contributed by atoms with Gasteiger partial charge in [0.25, 0.3) is 0 Å². The summed E-state index contributed by atoms with van der Waals surface area (Å²) in [5.74, 6) is 0.688. The maximum Gasteiger partial charge on any atom is 0.327 e. The van der Waals surface area contributed by atoms with E-state index in [1.54, 1.807) is 0 Å². The normalized spacial score (nSPS) is 20.6. The number of carboxylic acid groups (broad SMARTS) is 1. The second-order valence-corrected chi connectivity index (χ2v) is 6.50. The molecule has 19 heavy (non-hydrogen) atoms. The standard InChI is InChI=1S/C13H24N2O3S/c1-9(2)5-4-6-10(3)14-13(18)15-8-19-7-11(15)12(16)17/h9-11H,4-8H2,1-3H3,(H,14,18)(H,16,17)/t10?,11-/m0/s1. The Morgan fingerprint density at radius 3 is 2.63 bits per heavy atom. The molecule has 110 valence electrons. The van der Waals surface area contributed by atoms with Gasteiger partial charge in [0.2, 0.25) is 0 Å². The number of carbonyl (C=O) groups is 2. The zero-order chi connectivity index (χ0) is 14.4. The summed E-state index contributed by atoms with van der Waals surface area (Å²) in [6, 6.07) is -0.853. The van der Waals surface area contributed by atoms with Crippen molar-refractivity contribution >= 4 is 23.8 Å². The Labute approximate surface area is 119 Å². The fraction of sp³-hybridized carbons (Fsp3) is 0.846. The van der Waals surface area contributed by atoms with Gasteiger partial charge < -0.3 is 15.3 Å². The van der Waals surface area contributed by atoms with Crippen LogP contribution in [0.3, 0.4) is 0 Å². The number of rotatable bonds is 6. The van der Waals surface area contributed by atoms with Crippen LogP contribution in [0, 0.1) is 5.92 Å². The van der Waals surface area contributed by atoms with E-state index in [1.807, 2.05) is 6.92 Å². The van der Waals surface area contributed by atoms with Gasteiger partial charge in [-0.25, -0.2) is 9.59 Å². The lowest BCUT2D eigenvalue weighted by Gasteiger charge is -2.23. The van der Waals surface area contributed by atoms with Crippen LogP contribution in [0.4, 0.5) is 4.79 Å². The van der Waals surface area contributed by atoms with Crippen molar-refractivity contribution in [1.29, 1.82) is 0 Å². The van der Waals surface area contributed by atoms with Gasteiger partial charge in [-0.1, -0.05) is 26.7 Å². The highest BCUT2D eigenvalue weighted by molar-refractivity contribution is 7.99. The van der Waals surface area contributed by atoms with Crippen molar-refractivity contribution in [3.63, 3.8) is 0 Å². The summed E-state index contributed by atoms with van der Waals surface area (Å²) in [5, 5.41) is 11.9. The maximum absolute atomic E-state index is 12.0. The molecule has 1 saturated heterocycles. The van der Waals surface area contributed by atoms with E-state index >= 15 is 0 Å². The molecule has 6 heteroatoms. The number of nitrogens with one attached hydrogen (secondary N) is 1. The third-order valence-corrected chi connectivity index (χ3v) is 4.23. The highest BCUT2D eigenvalue weighted by atomic mass is 32.2. The molecule has 1 heterocycles. The molecule has 2 atom stereocenters. The molecule has 1 unspecified atom stereocenters. The van der Waals surface area contributed by atoms with Gasteiger partial charge in [0.05, 0.1) is 5.88 Å². The molecule has 5 nitrogen and oxygen atoms in total. The van der Waals surface area contributed by atoms with Crippen molar-refractivity contribution < 1.29 is 14.7 Å². The van der Waals surface area contributed by atoms with Crippen molar-refractivity contribution in [3.8, 4) is 0 Å². The molecule has 0 aliphatic carbocycles. The van der Waals surface area contributed by atoms with E-state index in [1.165, 1.54) is 16.7 Å². The molecular formula is C13H24N2O3S. The van der Waals surface area contributed by atoms with Crippen molar-refractivity contribution in [2.24, 2.45) is 5.92 Å². The molecule has 1 aliphatic rings. The van der Waals surface area contributed by atoms with Crippen LogP contribution in [0.25, 0.3) is 0 Å². The smallest absolute Gasteiger partial charge is 0.327 e. The van der Waals surface area contributed by atoms with Gasteiger partial charge in [0.15, 0.2) is 0 Å². The van der Waals surface area contributed by atoms with Gasteiger partial charge in [-0.3, -0.25) is 0 Å². The first kappa shape index (κ1) is 16.1. The summed E-state index contributed by atoms with van der Waals surface area (Å²) in [6.07, 6.45) is 3.16. The van der Waals surface area contributed by atoms with Gasteiger partial charge in [-0.15, -0.1) is 11.8 Å². The molecule has 0 aromatic carbocycles. The number of nitrogens with zero attached hydrogens (tertiary/aromatic N) is 1. The summed E-state index contributed by atoms with van der Waals surface area (Å²) in [4.78, 5) is 24.4. The minimum Gasteiger partial charge on any atom is -0.480 e. The number of thioether (sulfide) groups is 1. The molecule has 0 spiro atoms. The molecule has 0 aromatic rings. The number of hydrogen-bond donors (Lipinski definition) is 2. The number of hydrogen-bond acceptors (Lipinski definition) is 3. The average Bonchev–Trinajstić information content (AvgIpc) is 2.77. The predicted octanol–water partition coefficient (Wildman–Crippen LogP) is 2.37. The molecule has 2 N–H and O–H groups in total. The lowest BCUT2D eigenvalue weighted by molar-refractivity contribution is -0.140. The van der Waals surface area contributed by atoms with Crippen LogP contribution in [0.2, 0.25) is 0 Å². The summed E-state index contributed by atoms with van der Waals surface area (Å²) in [7, 11) is 0. The van der Waals surface area contributed by atoms with E-state index in [0.717, 1.165) is 19.3 Å². The van der Waals surface area contributed by atoms with Gasteiger partial charge in [-0.05, 0) is 19.3 Å². The minimum absolute atomic E-state index is 0.0892. The summed E-state index contributed by atoms with van der Waals surface area (Å²) in [6.45, 7) is 6.33. The number of carboxylic acids is 1. The van der Waals surface area contributed by atoms with Crippen LogP contribution < -0.4 is 5.32 Å². The monoisotopic (exact) mass is 288 g/mol. The zero-order valence-electron chi connectivity index (χ0n) is 11.9. The molecule has 1 aliphatic heterocycles. The van der Waals surface area contributed by atoms with Crippen LogP contribution in [0.1, 0.15) is 40.0 Å². The molecule has 1 fully saturated rings. The molecule has 0 radical (unpaired) electrons. The predicted molar refractivity (Wildman–Crippen MR) is 77.3 cm³/mol. The number of urea groups is 1. The van der Waals surface area contributed by atoms with Crippen molar-refractivity contribution in [3.05, 3.63) is 0 Å². The third kappa shape index (κ3) is 5.30. The molecule has 0 aromatic heterocycles. The Balaban J connectivity index is 2.35. The lowest BCUT2D eigenvalue weighted by atomic mass is 10.0. The fourth-order valence-corrected chi connectivity index (χ4v) is 3.19. The summed E-state index contributed by atoms with van der Waals surface area (Å²) < 4.78 is 0. The quantitative estimate of drug-likeness (QED) is 0.787. The molecule has 2 amide bonds. The minimum atomic E-state index is -0.924. The third-order valence-electron chi connectivity index (χ3n) is 3.22. The first-order valence-electron chi connectivity index (χ1n) is 6.79. The Kier molecular flexibility index (Phi) is 6.48. The largest absolute Gasteiger partial charge is 0.480 e. The van der Waals surface area contributed by atoms with Crippen LogP contribution in [0.15, 0.2) is 0 Å². The van der Waals surface area contributed by atoms with Crippen LogP contribution in [-0.4, -0.2) is 45.7 Å². The maximum atomic E-state index is 12.0.